The van der Waals surface area contributed by atoms with Gasteiger partial charge in [-0.2, -0.15) is 0 Å². The van der Waals surface area contributed by atoms with Crippen molar-refractivity contribution >= 4 is 44.3 Å². The van der Waals surface area contributed by atoms with Crippen LogP contribution >= 0.6 is 27.5 Å². The van der Waals surface area contributed by atoms with Gasteiger partial charge in [-0.3, -0.25) is 14.2 Å². The summed E-state index contributed by atoms with van der Waals surface area (Å²) in [5.41, 5.74) is 0.940. The average molecular weight is 449 g/mol. The Balaban J connectivity index is 2.07. The number of rotatable bonds is 4. The molecule has 0 saturated heterocycles. The van der Waals surface area contributed by atoms with Crippen LogP contribution in [0.5, 0.6) is 0 Å². The number of hydrogen-bond acceptors (Lipinski definition) is 3. The summed E-state index contributed by atoms with van der Waals surface area (Å²) in [7, 11) is 1.67. The van der Waals surface area contributed by atoms with Crippen molar-refractivity contribution in [3.63, 3.8) is 0 Å². The second-order valence-corrected chi connectivity index (χ2v) is 7.63. The van der Waals surface area contributed by atoms with E-state index < -0.39 is 0 Å². The minimum Gasteiger partial charge on any atom is -0.329 e. The van der Waals surface area contributed by atoms with Gasteiger partial charge in [-0.05, 0) is 50.2 Å². The molecule has 1 atom stereocenters. The second-order valence-electron chi connectivity index (χ2n) is 6.27. The molecule has 27 heavy (non-hydrogen) atoms. The quantitative estimate of drug-likeness (QED) is 0.587. The first-order valence-electron chi connectivity index (χ1n) is 8.56. The minimum atomic E-state index is -0.387. The second kappa shape index (κ2) is 7.82. The van der Waals surface area contributed by atoms with Crippen LogP contribution in [0.1, 0.15) is 36.1 Å². The van der Waals surface area contributed by atoms with Gasteiger partial charge in [0.15, 0.2) is 0 Å². The topological polar surface area (TPSA) is 55.2 Å². The number of halogens is 2. The lowest BCUT2D eigenvalue weighted by molar-refractivity contribution is 0.0692. The Morgan fingerprint density at radius 3 is 2.70 bits per heavy atom. The van der Waals surface area contributed by atoms with Crippen molar-refractivity contribution in [2.24, 2.45) is 7.05 Å². The summed E-state index contributed by atoms with van der Waals surface area (Å²) in [5.74, 6) is 0.395. The Labute approximate surface area is 170 Å². The summed E-state index contributed by atoms with van der Waals surface area (Å²) >= 11 is 9.46. The summed E-state index contributed by atoms with van der Waals surface area (Å²) in [6, 6.07) is 11.9. The summed E-state index contributed by atoms with van der Waals surface area (Å²) in [4.78, 5) is 32.1. The molecule has 0 bridgehead atoms. The van der Waals surface area contributed by atoms with Gasteiger partial charge in [-0.1, -0.05) is 33.6 Å². The van der Waals surface area contributed by atoms with E-state index in [1.54, 1.807) is 42.3 Å². The molecule has 0 saturated carbocycles. The van der Waals surface area contributed by atoms with E-state index in [4.69, 9.17) is 11.6 Å². The molecule has 0 radical (unpaired) electrons. The highest BCUT2D eigenvalue weighted by Crippen LogP contribution is 2.23. The van der Waals surface area contributed by atoms with Crippen LogP contribution in [0.4, 0.5) is 0 Å². The van der Waals surface area contributed by atoms with Gasteiger partial charge in [0, 0.05) is 28.7 Å². The molecule has 0 aliphatic heterocycles. The van der Waals surface area contributed by atoms with Crippen LogP contribution in [0.25, 0.3) is 10.9 Å². The molecular formula is C20H19BrClN3O2. The van der Waals surface area contributed by atoms with Gasteiger partial charge in [-0.15, -0.1) is 0 Å². The smallest absolute Gasteiger partial charge is 0.261 e. The van der Waals surface area contributed by atoms with E-state index in [1.165, 1.54) is 4.57 Å². The van der Waals surface area contributed by atoms with Crippen molar-refractivity contribution in [3.8, 4) is 0 Å². The minimum absolute atomic E-state index is 0.119. The van der Waals surface area contributed by atoms with Crippen molar-refractivity contribution in [1.82, 2.24) is 14.5 Å². The Bertz CT molecular complexity index is 1080. The predicted molar refractivity (Wildman–Crippen MR) is 111 cm³/mol. The SMILES string of the molecule is CCN(C(=O)c1cccc(Br)c1)C(C)c1nc2cc(Cl)ccc2c(=O)n1C. The van der Waals surface area contributed by atoms with Crippen molar-refractivity contribution in [3.05, 3.63) is 73.7 Å². The molecule has 1 unspecified atom stereocenters. The largest absolute Gasteiger partial charge is 0.329 e. The van der Waals surface area contributed by atoms with Crippen LogP contribution in [0.15, 0.2) is 51.7 Å². The molecular weight excluding hydrogens is 430 g/mol. The van der Waals surface area contributed by atoms with Crippen LogP contribution in [0.2, 0.25) is 5.02 Å². The Morgan fingerprint density at radius 2 is 2.04 bits per heavy atom. The van der Waals surface area contributed by atoms with Crippen molar-refractivity contribution in [1.29, 1.82) is 0 Å². The van der Waals surface area contributed by atoms with Crippen LogP contribution in [-0.4, -0.2) is 26.9 Å². The zero-order valence-corrected chi connectivity index (χ0v) is 17.6. The number of benzene rings is 2. The van der Waals surface area contributed by atoms with Gasteiger partial charge in [0.2, 0.25) is 0 Å². The van der Waals surface area contributed by atoms with Gasteiger partial charge in [0.25, 0.3) is 11.5 Å². The molecule has 3 rings (SSSR count). The molecule has 0 spiro atoms. The first kappa shape index (κ1) is 19.6. The first-order chi connectivity index (χ1) is 12.8. The maximum absolute atomic E-state index is 13.0. The van der Waals surface area contributed by atoms with Gasteiger partial charge >= 0.3 is 0 Å². The number of hydrogen-bond donors (Lipinski definition) is 0. The normalized spacial score (nSPS) is 12.2. The zero-order chi connectivity index (χ0) is 19.7. The lowest BCUT2D eigenvalue weighted by Gasteiger charge is -2.29. The van der Waals surface area contributed by atoms with Gasteiger partial charge in [0.1, 0.15) is 5.82 Å². The van der Waals surface area contributed by atoms with Crippen LogP contribution in [0.3, 0.4) is 0 Å². The van der Waals surface area contributed by atoms with Gasteiger partial charge in [0.05, 0.1) is 16.9 Å². The molecule has 140 valence electrons. The number of aromatic nitrogens is 2. The molecule has 2 aromatic carbocycles. The Morgan fingerprint density at radius 1 is 1.30 bits per heavy atom. The monoisotopic (exact) mass is 447 g/mol. The summed E-state index contributed by atoms with van der Waals surface area (Å²) in [6.45, 7) is 4.26. The molecule has 1 amide bonds. The van der Waals surface area contributed by atoms with Crippen molar-refractivity contribution in [2.45, 2.75) is 19.9 Å². The standard InChI is InChI=1S/C20H19BrClN3O2/c1-4-25(19(26)13-6-5-7-14(21)10-13)12(2)18-23-17-11-15(22)8-9-16(17)20(27)24(18)3/h5-12H,4H2,1-3H3. The molecule has 1 heterocycles. The van der Waals surface area contributed by atoms with Gasteiger partial charge < -0.3 is 4.90 Å². The Hall–Kier alpha value is -2.18. The van der Waals surface area contributed by atoms with E-state index in [2.05, 4.69) is 20.9 Å². The fraction of sp³-hybridized carbons (Fsp3) is 0.250. The third kappa shape index (κ3) is 3.77. The third-order valence-electron chi connectivity index (χ3n) is 4.59. The molecule has 0 fully saturated rings. The van der Waals surface area contributed by atoms with Crippen LogP contribution < -0.4 is 5.56 Å². The molecule has 3 aromatic rings. The maximum atomic E-state index is 13.0. The zero-order valence-electron chi connectivity index (χ0n) is 15.2. The highest BCUT2D eigenvalue weighted by atomic mass is 79.9. The fourth-order valence-electron chi connectivity index (χ4n) is 3.16. The van der Waals surface area contributed by atoms with E-state index in [1.807, 2.05) is 26.0 Å². The predicted octanol–water partition coefficient (Wildman–Crippen LogP) is 4.57. The highest BCUT2D eigenvalue weighted by Gasteiger charge is 2.25. The molecule has 5 nitrogen and oxygen atoms in total. The summed E-state index contributed by atoms with van der Waals surface area (Å²) in [6.07, 6.45) is 0. The first-order valence-corrected chi connectivity index (χ1v) is 9.73. The van der Waals surface area contributed by atoms with E-state index >= 15 is 0 Å². The maximum Gasteiger partial charge on any atom is 0.261 e. The van der Waals surface area contributed by atoms with E-state index in [0.717, 1.165) is 4.47 Å². The average Bonchev–Trinajstić information content (AvgIpc) is 2.64. The number of nitrogens with zero attached hydrogens (tertiary/aromatic N) is 3. The lowest BCUT2D eigenvalue weighted by atomic mass is 10.1. The van der Waals surface area contributed by atoms with E-state index in [9.17, 15) is 9.59 Å². The fourth-order valence-corrected chi connectivity index (χ4v) is 3.72. The molecule has 0 N–H and O–H groups in total. The van der Waals surface area contributed by atoms with Crippen LogP contribution in [0, 0.1) is 0 Å². The molecule has 0 aliphatic carbocycles. The van der Waals surface area contributed by atoms with Gasteiger partial charge in [-0.25, -0.2) is 4.98 Å². The van der Waals surface area contributed by atoms with E-state index in [0.29, 0.717) is 33.9 Å². The number of fused-ring (bicyclic) bond motifs is 1. The Kier molecular flexibility index (Phi) is 5.67. The summed E-state index contributed by atoms with van der Waals surface area (Å²) in [5, 5.41) is 1.01. The number of amides is 1. The number of carbonyl (C=O) groups excluding carboxylic acids is 1. The van der Waals surface area contributed by atoms with Crippen molar-refractivity contribution in [2.75, 3.05) is 6.54 Å². The molecule has 7 heteroatoms. The molecule has 0 aliphatic rings. The molecule has 1 aromatic heterocycles. The lowest BCUT2D eigenvalue weighted by Crippen LogP contribution is -2.37. The highest BCUT2D eigenvalue weighted by molar-refractivity contribution is 9.10. The number of carbonyl (C=O) groups is 1. The van der Waals surface area contributed by atoms with Crippen LogP contribution in [-0.2, 0) is 7.05 Å². The van der Waals surface area contributed by atoms with Crippen molar-refractivity contribution < 1.29 is 4.79 Å². The third-order valence-corrected chi connectivity index (χ3v) is 5.32. The summed E-state index contributed by atoms with van der Waals surface area (Å²) < 4.78 is 2.33. The van der Waals surface area contributed by atoms with E-state index in [-0.39, 0.29) is 17.5 Å².